The molecule has 0 bridgehead atoms. The Balaban J connectivity index is 2.33. The second-order valence-corrected chi connectivity index (χ2v) is 5.23. The Bertz CT molecular complexity index is 424. The van der Waals surface area contributed by atoms with Gasteiger partial charge in [0.25, 0.3) is 0 Å². The third-order valence-electron chi connectivity index (χ3n) is 1.86. The topological polar surface area (TPSA) is 33.1 Å². The molecule has 1 heterocycles. The molecule has 0 saturated carbocycles. The zero-order valence-electron chi connectivity index (χ0n) is 7.27. The number of hydrogen-bond donors (Lipinski definition) is 1. The second kappa shape index (κ2) is 4.21. The molecule has 0 amide bonds. The van der Waals surface area contributed by atoms with Crippen molar-refractivity contribution < 1.29 is 5.11 Å². The van der Waals surface area contributed by atoms with Crippen LogP contribution in [0.3, 0.4) is 0 Å². The third kappa shape index (κ3) is 2.03. The first kappa shape index (κ1) is 9.83. The molecule has 14 heavy (non-hydrogen) atoms. The molecule has 0 saturated heterocycles. The Morgan fingerprint density at radius 1 is 1.29 bits per heavy atom. The predicted molar refractivity (Wildman–Crippen MR) is 61.2 cm³/mol. The number of halogens is 1. The molecule has 0 aliphatic carbocycles. The molecule has 0 radical (unpaired) electrons. The lowest BCUT2D eigenvalue weighted by Crippen LogP contribution is -1.82. The first-order valence-electron chi connectivity index (χ1n) is 4.11. The van der Waals surface area contributed by atoms with E-state index < -0.39 is 0 Å². The maximum absolute atomic E-state index is 8.88. The largest absolute Gasteiger partial charge is 0.392 e. The number of hydrogen-bond acceptors (Lipinski definition) is 3. The number of nitrogens with zero attached hydrogens (tertiary/aromatic N) is 1. The van der Waals surface area contributed by atoms with E-state index in [4.69, 9.17) is 5.11 Å². The van der Waals surface area contributed by atoms with Gasteiger partial charge in [-0.3, -0.25) is 0 Å². The molecule has 2 nitrogen and oxygen atoms in total. The van der Waals surface area contributed by atoms with Crippen molar-refractivity contribution in [1.82, 2.24) is 4.98 Å². The monoisotopic (exact) mass is 269 g/mol. The molecule has 0 spiro atoms. The number of thiazole rings is 1. The fourth-order valence-electron chi connectivity index (χ4n) is 1.14. The summed E-state index contributed by atoms with van der Waals surface area (Å²) in [4.78, 5) is 4.25. The lowest BCUT2D eigenvalue weighted by molar-refractivity contribution is 0.282. The number of aliphatic hydroxyl groups excluding tert-OH is 1. The summed E-state index contributed by atoms with van der Waals surface area (Å²) in [7, 11) is 0. The van der Waals surface area contributed by atoms with Crippen LogP contribution < -0.4 is 0 Å². The van der Waals surface area contributed by atoms with Gasteiger partial charge in [-0.15, -0.1) is 11.3 Å². The summed E-state index contributed by atoms with van der Waals surface area (Å²) in [5.41, 5.74) is 2.00. The normalized spacial score (nSPS) is 10.4. The quantitative estimate of drug-likeness (QED) is 0.909. The maximum Gasteiger partial charge on any atom is 0.124 e. The van der Waals surface area contributed by atoms with Crippen molar-refractivity contribution in [2.45, 2.75) is 6.61 Å². The number of aromatic nitrogens is 1. The summed E-state index contributed by atoms with van der Waals surface area (Å²) in [6.07, 6.45) is 1.79. The van der Waals surface area contributed by atoms with Gasteiger partial charge < -0.3 is 5.11 Å². The highest BCUT2D eigenvalue weighted by atomic mass is 79.9. The zero-order valence-corrected chi connectivity index (χ0v) is 9.68. The Labute approximate surface area is 94.4 Å². The molecule has 72 valence electrons. The summed E-state index contributed by atoms with van der Waals surface area (Å²) in [6, 6.07) is 7.75. The van der Waals surface area contributed by atoms with Crippen LogP contribution in [0.15, 0.2) is 34.2 Å². The van der Waals surface area contributed by atoms with Gasteiger partial charge in [-0.25, -0.2) is 4.98 Å². The van der Waals surface area contributed by atoms with Crippen molar-refractivity contribution in [3.8, 4) is 10.6 Å². The molecule has 1 aromatic heterocycles. The van der Waals surface area contributed by atoms with Crippen molar-refractivity contribution in [1.29, 1.82) is 0 Å². The molecule has 1 N–H and O–H groups in total. The molecule has 2 aromatic rings. The molecule has 1 aromatic carbocycles. The second-order valence-electron chi connectivity index (χ2n) is 2.82. The highest BCUT2D eigenvalue weighted by molar-refractivity contribution is 9.11. The minimum atomic E-state index is 0.0852. The summed E-state index contributed by atoms with van der Waals surface area (Å²) in [6.45, 7) is 0.0852. The van der Waals surface area contributed by atoms with E-state index in [1.807, 2.05) is 24.3 Å². The van der Waals surface area contributed by atoms with Crippen LogP contribution in [0, 0.1) is 0 Å². The smallest absolute Gasteiger partial charge is 0.124 e. The third-order valence-corrected chi connectivity index (χ3v) is 3.39. The number of rotatable bonds is 2. The Kier molecular flexibility index (Phi) is 2.96. The van der Waals surface area contributed by atoms with Crippen LogP contribution in [-0.4, -0.2) is 10.1 Å². The molecule has 0 fully saturated rings. The van der Waals surface area contributed by atoms with Gasteiger partial charge >= 0.3 is 0 Å². The van der Waals surface area contributed by atoms with Crippen LogP contribution in [0.4, 0.5) is 0 Å². The molecular weight excluding hydrogens is 262 g/mol. The van der Waals surface area contributed by atoms with Gasteiger partial charge in [0.15, 0.2) is 0 Å². The van der Waals surface area contributed by atoms with Gasteiger partial charge in [0.1, 0.15) is 5.01 Å². The SMILES string of the molecule is OCc1ccc(-c2ncc(Br)s2)cc1. The van der Waals surface area contributed by atoms with Crippen LogP contribution in [0.1, 0.15) is 5.56 Å². The average Bonchev–Trinajstić information content (AvgIpc) is 2.65. The maximum atomic E-state index is 8.88. The summed E-state index contributed by atoms with van der Waals surface area (Å²) >= 11 is 4.97. The lowest BCUT2D eigenvalue weighted by atomic mass is 10.1. The molecule has 0 aliphatic rings. The Morgan fingerprint density at radius 3 is 2.50 bits per heavy atom. The molecule has 0 unspecified atom stereocenters. The zero-order chi connectivity index (χ0) is 9.97. The van der Waals surface area contributed by atoms with E-state index in [2.05, 4.69) is 20.9 Å². The van der Waals surface area contributed by atoms with Crippen LogP contribution in [0.25, 0.3) is 10.6 Å². The summed E-state index contributed by atoms with van der Waals surface area (Å²) in [5, 5.41) is 9.87. The van der Waals surface area contributed by atoms with E-state index in [1.165, 1.54) is 0 Å². The standard InChI is InChI=1S/C10H8BrNOS/c11-9-5-12-10(14-9)8-3-1-7(6-13)2-4-8/h1-5,13H,6H2. The first-order valence-corrected chi connectivity index (χ1v) is 5.72. The van der Waals surface area contributed by atoms with Crippen LogP contribution in [-0.2, 0) is 6.61 Å². The van der Waals surface area contributed by atoms with Gasteiger partial charge in [-0.05, 0) is 21.5 Å². The summed E-state index contributed by atoms with van der Waals surface area (Å²) in [5.74, 6) is 0. The van der Waals surface area contributed by atoms with Gasteiger partial charge in [-0.1, -0.05) is 24.3 Å². The average molecular weight is 270 g/mol. The van der Waals surface area contributed by atoms with E-state index in [9.17, 15) is 0 Å². The highest BCUT2D eigenvalue weighted by Gasteiger charge is 2.02. The minimum absolute atomic E-state index is 0.0852. The Morgan fingerprint density at radius 2 is 2.00 bits per heavy atom. The van der Waals surface area contributed by atoms with Gasteiger partial charge in [0.05, 0.1) is 16.6 Å². The van der Waals surface area contributed by atoms with Crippen molar-refractivity contribution in [2.24, 2.45) is 0 Å². The first-order chi connectivity index (χ1) is 6.79. The van der Waals surface area contributed by atoms with E-state index in [0.29, 0.717) is 0 Å². The molecule has 2 rings (SSSR count). The number of aliphatic hydroxyl groups is 1. The fraction of sp³-hybridized carbons (Fsp3) is 0.100. The van der Waals surface area contributed by atoms with Gasteiger partial charge in [-0.2, -0.15) is 0 Å². The van der Waals surface area contributed by atoms with Gasteiger partial charge in [0.2, 0.25) is 0 Å². The van der Waals surface area contributed by atoms with E-state index in [0.717, 1.165) is 19.9 Å². The van der Waals surface area contributed by atoms with E-state index in [-0.39, 0.29) is 6.61 Å². The highest BCUT2D eigenvalue weighted by Crippen LogP contribution is 2.28. The van der Waals surface area contributed by atoms with Crippen molar-refractivity contribution in [2.75, 3.05) is 0 Å². The lowest BCUT2D eigenvalue weighted by Gasteiger charge is -1.97. The van der Waals surface area contributed by atoms with E-state index >= 15 is 0 Å². The molecule has 4 heteroatoms. The van der Waals surface area contributed by atoms with Crippen LogP contribution >= 0.6 is 27.3 Å². The predicted octanol–water partition coefficient (Wildman–Crippen LogP) is 3.06. The van der Waals surface area contributed by atoms with Crippen LogP contribution in [0.5, 0.6) is 0 Å². The molecular formula is C10H8BrNOS. The number of benzene rings is 1. The van der Waals surface area contributed by atoms with E-state index in [1.54, 1.807) is 17.5 Å². The van der Waals surface area contributed by atoms with Crippen molar-refractivity contribution in [3.63, 3.8) is 0 Å². The van der Waals surface area contributed by atoms with Crippen molar-refractivity contribution >= 4 is 27.3 Å². The van der Waals surface area contributed by atoms with Crippen LogP contribution in [0.2, 0.25) is 0 Å². The molecule has 0 aliphatic heterocycles. The fourth-order valence-corrected chi connectivity index (χ4v) is 2.35. The van der Waals surface area contributed by atoms with Crippen molar-refractivity contribution in [3.05, 3.63) is 39.8 Å². The Hall–Kier alpha value is -0.710. The van der Waals surface area contributed by atoms with Gasteiger partial charge in [0, 0.05) is 5.56 Å². The summed E-state index contributed by atoms with van der Waals surface area (Å²) < 4.78 is 1.03. The minimum Gasteiger partial charge on any atom is -0.392 e. The molecule has 0 atom stereocenters.